The van der Waals surface area contributed by atoms with Gasteiger partial charge >= 0.3 is 0 Å². The van der Waals surface area contributed by atoms with Gasteiger partial charge in [-0.25, -0.2) is 0 Å². The minimum absolute atomic E-state index is 0.0892. The topological polar surface area (TPSA) is 81.4 Å². The molecule has 142 valence electrons. The van der Waals surface area contributed by atoms with Gasteiger partial charge in [0, 0.05) is 12.1 Å². The molecule has 28 heavy (non-hydrogen) atoms. The van der Waals surface area contributed by atoms with E-state index in [9.17, 15) is 4.79 Å². The zero-order chi connectivity index (χ0) is 19.5. The van der Waals surface area contributed by atoms with E-state index in [1.54, 1.807) is 28.8 Å². The Morgan fingerprint density at radius 3 is 2.71 bits per heavy atom. The van der Waals surface area contributed by atoms with Crippen molar-refractivity contribution < 1.29 is 9.53 Å². The van der Waals surface area contributed by atoms with E-state index in [1.807, 2.05) is 31.2 Å². The number of fused-ring (bicyclic) bond motifs is 1. The molecule has 0 fully saturated rings. The Morgan fingerprint density at radius 2 is 1.96 bits per heavy atom. The number of aryl methyl sites for hydroxylation is 1. The maximum Gasteiger partial charge on any atom is 0.258 e. The minimum Gasteiger partial charge on any atom is -0.482 e. The first-order valence-corrected chi connectivity index (χ1v) is 9.72. The first kappa shape index (κ1) is 18.4. The van der Waals surface area contributed by atoms with E-state index < -0.39 is 0 Å². The highest BCUT2D eigenvalue weighted by atomic mass is 35.5. The van der Waals surface area contributed by atoms with E-state index in [-0.39, 0.29) is 12.5 Å². The molecule has 0 aliphatic heterocycles. The summed E-state index contributed by atoms with van der Waals surface area (Å²) in [6, 6.07) is 14.9. The molecule has 0 unspecified atom stereocenters. The molecule has 2 aromatic carbocycles. The summed E-state index contributed by atoms with van der Waals surface area (Å²) in [6.07, 6.45) is 0. The van der Waals surface area contributed by atoms with Crippen molar-refractivity contribution in [3.05, 3.63) is 64.9 Å². The Morgan fingerprint density at radius 1 is 1.18 bits per heavy atom. The predicted molar refractivity (Wildman–Crippen MR) is 108 cm³/mol. The Hall–Kier alpha value is -2.97. The second kappa shape index (κ2) is 7.95. The summed E-state index contributed by atoms with van der Waals surface area (Å²) < 4.78 is 7.16. The summed E-state index contributed by atoms with van der Waals surface area (Å²) in [4.78, 5) is 12.8. The molecule has 1 N–H and O–H groups in total. The smallest absolute Gasteiger partial charge is 0.258 e. The van der Waals surface area contributed by atoms with Crippen molar-refractivity contribution in [2.45, 2.75) is 13.5 Å². The molecule has 2 aromatic heterocycles. The number of ether oxygens (including phenoxy) is 1. The fraction of sp³-hybridized carbons (Fsp3) is 0.158. The van der Waals surface area contributed by atoms with Crippen molar-refractivity contribution in [1.82, 2.24) is 25.1 Å². The molecule has 4 rings (SSSR count). The summed E-state index contributed by atoms with van der Waals surface area (Å²) in [5.41, 5.74) is 1.97. The van der Waals surface area contributed by atoms with E-state index >= 15 is 0 Å². The van der Waals surface area contributed by atoms with E-state index in [1.165, 1.54) is 11.3 Å². The number of amides is 1. The molecular formula is C19H16ClN5O2S. The Balaban J connectivity index is 1.33. The van der Waals surface area contributed by atoms with Gasteiger partial charge in [-0.15, -0.1) is 10.2 Å². The van der Waals surface area contributed by atoms with Crippen LogP contribution in [0.1, 0.15) is 11.4 Å². The van der Waals surface area contributed by atoms with Gasteiger partial charge in [-0.2, -0.15) is 9.61 Å². The third kappa shape index (κ3) is 3.97. The summed E-state index contributed by atoms with van der Waals surface area (Å²) in [5.74, 6) is 1.04. The van der Waals surface area contributed by atoms with Crippen LogP contribution in [0.3, 0.4) is 0 Å². The van der Waals surface area contributed by atoms with Crippen molar-refractivity contribution in [3.8, 4) is 16.3 Å². The zero-order valence-corrected chi connectivity index (χ0v) is 16.5. The van der Waals surface area contributed by atoms with Crippen LogP contribution in [0.2, 0.25) is 5.02 Å². The number of para-hydroxylation sites is 1. The molecule has 0 radical (unpaired) electrons. The second-order valence-corrected chi connectivity index (χ2v) is 7.40. The van der Waals surface area contributed by atoms with Gasteiger partial charge in [0.05, 0.1) is 5.02 Å². The van der Waals surface area contributed by atoms with Crippen molar-refractivity contribution in [1.29, 1.82) is 0 Å². The lowest BCUT2D eigenvalue weighted by atomic mass is 10.1. The molecule has 0 saturated carbocycles. The molecule has 1 amide bonds. The van der Waals surface area contributed by atoms with Gasteiger partial charge in [0.25, 0.3) is 5.91 Å². The maximum absolute atomic E-state index is 12.0. The SMILES string of the molecule is Cc1nnc2sc(-c3ccc(CNC(=O)COc4ccccc4Cl)cc3)nn12. The number of carbonyl (C=O) groups excluding carboxylic acids is 1. The molecule has 0 spiro atoms. The van der Waals surface area contributed by atoms with Crippen LogP contribution in [0.4, 0.5) is 0 Å². The number of nitrogens with one attached hydrogen (secondary N) is 1. The number of halogens is 1. The molecule has 9 heteroatoms. The van der Waals surface area contributed by atoms with Crippen LogP contribution in [0.5, 0.6) is 5.75 Å². The Labute approximate surface area is 169 Å². The van der Waals surface area contributed by atoms with Gasteiger partial charge in [0.15, 0.2) is 12.4 Å². The minimum atomic E-state index is -0.215. The fourth-order valence-electron chi connectivity index (χ4n) is 2.55. The first-order valence-electron chi connectivity index (χ1n) is 8.52. The van der Waals surface area contributed by atoms with E-state index in [2.05, 4.69) is 20.6 Å². The van der Waals surface area contributed by atoms with E-state index in [0.29, 0.717) is 17.3 Å². The summed E-state index contributed by atoms with van der Waals surface area (Å²) >= 11 is 7.49. The molecule has 0 atom stereocenters. The fourth-order valence-corrected chi connectivity index (χ4v) is 3.63. The lowest BCUT2D eigenvalue weighted by Gasteiger charge is -2.09. The van der Waals surface area contributed by atoms with Crippen molar-refractivity contribution in [2.24, 2.45) is 0 Å². The Kier molecular flexibility index (Phi) is 5.23. The molecule has 0 aliphatic carbocycles. The first-order chi connectivity index (χ1) is 13.6. The zero-order valence-electron chi connectivity index (χ0n) is 14.9. The largest absolute Gasteiger partial charge is 0.482 e. The highest BCUT2D eigenvalue weighted by molar-refractivity contribution is 7.19. The number of rotatable bonds is 6. The van der Waals surface area contributed by atoms with Crippen molar-refractivity contribution in [2.75, 3.05) is 6.61 Å². The lowest BCUT2D eigenvalue weighted by Crippen LogP contribution is -2.28. The molecule has 4 aromatic rings. The maximum atomic E-state index is 12.0. The van der Waals surface area contributed by atoms with Crippen molar-refractivity contribution in [3.63, 3.8) is 0 Å². The number of nitrogens with zero attached hydrogens (tertiary/aromatic N) is 4. The summed E-state index contributed by atoms with van der Waals surface area (Å²) in [5, 5.41) is 16.8. The van der Waals surface area contributed by atoms with Crippen LogP contribution < -0.4 is 10.1 Å². The highest BCUT2D eigenvalue weighted by Gasteiger charge is 2.10. The normalized spacial score (nSPS) is 10.9. The Bertz CT molecular complexity index is 1120. The van der Waals surface area contributed by atoms with Crippen LogP contribution in [0, 0.1) is 6.92 Å². The average Bonchev–Trinajstić information content (AvgIpc) is 3.28. The molecule has 0 saturated heterocycles. The molecule has 0 aliphatic rings. The van der Waals surface area contributed by atoms with Gasteiger partial charge in [-0.1, -0.05) is 59.3 Å². The van der Waals surface area contributed by atoms with Crippen LogP contribution in [-0.4, -0.2) is 32.3 Å². The predicted octanol–water partition coefficient (Wildman–Crippen LogP) is 3.51. The van der Waals surface area contributed by atoms with Gasteiger partial charge in [0.2, 0.25) is 4.96 Å². The van der Waals surface area contributed by atoms with Gasteiger partial charge < -0.3 is 10.1 Å². The number of aromatic nitrogens is 4. The standard InChI is InChI=1S/C19H16ClN5O2S/c1-12-22-23-19-25(12)24-18(28-19)14-8-6-13(7-9-14)10-21-17(26)11-27-16-5-3-2-4-15(16)20/h2-9H,10-11H2,1H3,(H,21,26). The molecule has 7 nitrogen and oxygen atoms in total. The van der Waals surface area contributed by atoms with Crippen LogP contribution in [0.25, 0.3) is 15.5 Å². The monoisotopic (exact) mass is 413 g/mol. The molecular weight excluding hydrogens is 398 g/mol. The number of benzene rings is 2. The third-order valence-electron chi connectivity index (χ3n) is 4.03. The van der Waals surface area contributed by atoms with Gasteiger partial charge in [-0.05, 0) is 24.6 Å². The van der Waals surface area contributed by atoms with Gasteiger partial charge in [0.1, 0.15) is 10.8 Å². The lowest BCUT2D eigenvalue weighted by molar-refractivity contribution is -0.123. The third-order valence-corrected chi connectivity index (χ3v) is 5.29. The highest BCUT2D eigenvalue weighted by Crippen LogP contribution is 2.25. The summed E-state index contributed by atoms with van der Waals surface area (Å²) in [7, 11) is 0. The van der Waals surface area contributed by atoms with Gasteiger partial charge in [-0.3, -0.25) is 4.79 Å². The number of hydrogen-bond donors (Lipinski definition) is 1. The van der Waals surface area contributed by atoms with Crippen LogP contribution in [-0.2, 0) is 11.3 Å². The van der Waals surface area contributed by atoms with Crippen LogP contribution >= 0.6 is 22.9 Å². The van der Waals surface area contributed by atoms with Crippen molar-refractivity contribution >= 4 is 33.8 Å². The number of carbonyl (C=O) groups is 1. The number of hydrogen-bond acceptors (Lipinski definition) is 6. The molecule has 0 bridgehead atoms. The van der Waals surface area contributed by atoms with E-state index in [0.717, 1.165) is 26.9 Å². The quantitative estimate of drug-likeness (QED) is 0.523. The van der Waals surface area contributed by atoms with E-state index in [4.69, 9.17) is 16.3 Å². The summed E-state index contributed by atoms with van der Waals surface area (Å²) in [6.45, 7) is 2.19. The average molecular weight is 414 g/mol. The van der Waals surface area contributed by atoms with Crippen LogP contribution in [0.15, 0.2) is 48.5 Å². The molecule has 2 heterocycles. The second-order valence-electron chi connectivity index (χ2n) is 6.04.